The highest BCUT2D eigenvalue weighted by Crippen LogP contribution is 2.13. The molecule has 2 heterocycles. The maximum atomic E-state index is 5.28. The first-order chi connectivity index (χ1) is 5.40. The molecule has 4 heteroatoms. The van der Waals surface area contributed by atoms with Crippen molar-refractivity contribution in [2.75, 3.05) is 26.2 Å². The third kappa shape index (κ3) is 1.18. The fraction of sp³-hybridized carbons (Fsp3) is 0.857. The Morgan fingerprint density at radius 2 is 2.55 bits per heavy atom. The van der Waals surface area contributed by atoms with Gasteiger partial charge in [0.05, 0.1) is 13.1 Å². The Hall–Kier alpha value is -0.770. The Morgan fingerprint density at radius 1 is 1.64 bits per heavy atom. The number of likely N-dealkylation sites (N-methyl/N-ethyl adjacent to an activating group) is 1. The molecule has 0 bridgehead atoms. The molecule has 1 unspecified atom stereocenters. The molecule has 2 rings (SSSR count). The summed E-state index contributed by atoms with van der Waals surface area (Å²) >= 11 is 0. The predicted molar refractivity (Wildman–Crippen MR) is 42.2 cm³/mol. The van der Waals surface area contributed by atoms with E-state index in [1.54, 1.807) is 6.40 Å². The minimum atomic E-state index is 0.184. The van der Waals surface area contributed by atoms with Crippen LogP contribution in [0.1, 0.15) is 6.92 Å². The lowest BCUT2D eigenvalue weighted by atomic mass is 10.3. The summed E-state index contributed by atoms with van der Waals surface area (Å²) in [5.41, 5.74) is 0. The van der Waals surface area contributed by atoms with Gasteiger partial charge in [0.25, 0.3) is 0 Å². The Kier molecular flexibility index (Phi) is 1.69. The molecule has 4 nitrogen and oxygen atoms in total. The lowest BCUT2D eigenvalue weighted by Crippen LogP contribution is -2.49. The van der Waals surface area contributed by atoms with Gasteiger partial charge < -0.3 is 4.74 Å². The zero-order chi connectivity index (χ0) is 7.68. The van der Waals surface area contributed by atoms with Crippen LogP contribution in [-0.4, -0.2) is 48.7 Å². The summed E-state index contributed by atoms with van der Waals surface area (Å²) in [6.45, 7) is 6.36. The molecular formula is C7H13N3O. The van der Waals surface area contributed by atoms with Crippen LogP contribution in [0.5, 0.6) is 0 Å². The van der Waals surface area contributed by atoms with E-state index in [1.165, 1.54) is 0 Å². The maximum Gasteiger partial charge on any atom is 0.201 e. The smallest absolute Gasteiger partial charge is 0.201 e. The highest BCUT2D eigenvalue weighted by Gasteiger charge is 2.28. The molecule has 2 aliphatic heterocycles. The molecule has 0 aliphatic carbocycles. The molecule has 0 aromatic rings. The second kappa shape index (κ2) is 2.70. The van der Waals surface area contributed by atoms with Crippen molar-refractivity contribution < 1.29 is 4.74 Å². The lowest BCUT2D eigenvalue weighted by Gasteiger charge is -2.34. The summed E-state index contributed by atoms with van der Waals surface area (Å²) in [4.78, 5) is 2.37. The molecule has 1 fully saturated rings. The molecular weight excluding hydrogens is 142 g/mol. The topological polar surface area (TPSA) is 28.1 Å². The van der Waals surface area contributed by atoms with Gasteiger partial charge in [0.15, 0.2) is 6.40 Å². The van der Waals surface area contributed by atoms with Gasteiger partial charge in [-0.1, -0.05) is 6.92 Å². The average Bonchev–Trinajstić information content (AvgIpc) is 2.50. The molecule has 2 aliphatic rings. The molecule has 0 aromatic heterocycles. The molecule has 1 saturated heterocycles. The number of hydrogen-bond donors (Lipinski definition) is 0. The van der Waals surface area contributed by atoms with Crippen molar-refractivity contribution in [1.29, 1.82) is 0 Å². The van der Waals surface area contributed by atoms with E-state index in [0.717, 1.165) is 26.2 Å². The van der Waals surface area contributed by atoms with E-state index in [-0.39, 0.29) is 6.23 Å². The van der Waals surface area contributed by atoms with E-state index in [4.69, 9.17) is 4.74 Å². The van der Waals surface area contributed by atoms with Crippen LogP contribution in [0.25, 0.3) is 0 Å². The van der Waals surface area contributed by atoms with E-state index < -0.39 is 0 Å². The summed E-state index contributed by atoms with van der Waals surface area (Å²) in [7, 11) is 0. The highest BCUT2D eigenvalue weighted by molar-refractivity contribution is 5.48. The van der Waals surface area contributed by atoms with Gasteiger partial charge in [-0.05, 0) is 6.54 Å². The van der Waals surface area contributed by atoms with Crippen LogP contribution in [0, 0.1) is 0 Å². The van der Waals surface area contributed by atoms with Crippen LogP contribution < -0.4 is 0 Å². The third-order valence-corrected chi connectivity index (χ3v) is 2.25. The molecule has 0 radical (unpaired) electrons. The minimum Gasteiger partial charge on any atom is -0.456 e. The fourth-order valence-corrected chi connectivity index (χ4v) is 1.48. The van der Waals surface area contributed by atoms with Crippen molar-refractivity contribution in [3.05, 3.63) is 0 Å². The maximum absolute atomic E-state index is 5.28. The van der Waals surface area contributed by atoms with Crippen molar-refractivity contribution in [3.63, 3.8) is 0 Å². The quantitative estimate of drug-likeness (QED) is 0.530. The average molecular weight is 155 g/mol. The van der Waals surface area contributed by atoms with Gasteiger partial charge in [0.2, 0.25) is 6.23 Å². The van der Waals surface area contributed by atoms with Gasteiger partial charge >= 0.3 is 0 Å². The first-order valence-electron chi connectivity index (χ1n) is 4.07. The number of hydrogen-bond acceptors (Lipinski definition) is 4. The number of ether oxygens (including phenoxy) is 1. The van der Waals surface area contributed by atoms with Gasteiger partial charge in [-0.2, -0.15) is 0 Å². The fourth-order valence-electron chi connectivity index (χ4n) is 1.48. The summed E-state index contributed by atoms with van der Waals surface area (Å²) < 4.78 is 5.28. The minimum absolute atomic E-state index is 0.184. The van der Waals surface area contributed by atoms with Crippen molar-refractivity contribution in [2.24, 2.45) is 5.10 Å². The van der Waals surface area contributed by atoms with Crippen molar-refractivity contribution in [2.45, 2.75) is 13.2 Å². The van der Waals surface area contributed by atoms with Gasteiger partial charge in [0.1, 0.15) is 0 Å². The number of piperazine rings is 1. The normalized spacial score (nSPS) is 30.3. The van der Waals surface area contributed by atoms with E-state index >= 15 is 0 Å². The Morgan fingerprint density at radius 3 is 3.36 bits per heavy atom. The third-order valence-electron chi connectivity index (χ3n) is 2.25. The van der Waals surface area contributed by atoms with Crippen molar-refractivity contribution >= 4 is 6.40 Å². The van der Waals surface area contributed by atoms with Crippen molar-refractivity contribution in [1.82, 2.24) is 9.91 Å². The molecule has 0 aromatic carbocycles. The molecule has 0 amide bonds. The second-order valence-electron chi connectivity index (χ2n) is 2.87. The van der Waals surface area contributed by atoms with Gasteiger partial charge in [-0.25, -0.2) is 0 Å². The van der Waals surface area contributed by atoms with Crippen molar-refractivity contribution in [3.8, 4) is 0 Å². The first-order valence-corrected chi connectivity index (χ1v) is 4.07. The van der Waals surface area contributed by atoms with Crippen LogP contribution in [0.3, 0.4) is 0 Å². The largest absolute Gasteiger partial charge is 0.456 e. The molecule has 0 spiro atoms. The SMILES string of the molecule is CCN1CCN2N=COC2C1. The highest BCUT2D eigenvalue weighted by atomic mass is 16.5. The summed E-state index contributed by atoms with van der Waals surface area (Å²) in [6, 6.07) is 0. The Labute approximate surface area is 66.4 Å². The van der Waals surface area contributed by atoms with Crippen LogP contribution in [-0.2, 0) is 4.74 Å². The first kappa shape index (κ1) is 6.91. The molecule has 11 heavy (non-hydrogen) atoms. The van der Waals surface area contributed by atoms with Crippen LogP contribution in [0.2, 0.25) is 0 Å². The summed E-state index contributed by atoms with van der Waals surface area (Å²) in [5, 5.41) is 6.09. The lowest BCUT2D eigenvalue weighted by molar-refractivity contribution is -0.0127. The Balaban J connectivity index is 1.94. The number of hydrazone groups is 1. The Bertz CT molecular complexity index is 171. The van der Waals surface area contributed by atoms with E-state index in [2.05, 4.69) is 16.9 Å². The van der Waals surface area contributed by atoms with E-state index in [1.807, 2.05) is 5.01 Å². The van der Waals surface area contributed by atoms with Crippen LogP contribution in [0.15, 0.2) is 5.10 Å². The number of rotatable bonds is 1. The second-order valence-corrected chi connectivity index (χ2v) is 2.87. The van der Waals surface area contributed by atoms with E-state index in [9.17, 15) is 0 Å². The molecule has 62 valence electrons. The number of fused-ring (bicyclic) bond motifs is 1. The summed E-state index contributed by atoms with van der Waals surface area (Å²) in [6.07, 6.45) is 1.73. The monoisotopic (exact) mass is 155 g/mol. The zero-order valence-corrected chi connectivity index (χ0v) is 6.73. The molecule has 0 saturated carbocycles. The van der Waals surface area contributed by atoms with E-state index in [0.29, 0.717) is 0 Å². The molecule has 0 N–H and O–H groups in total. The van der Waals surface area contributed by atoms with Gasteiger partial charge in [-0.15, -0.1) is 5.10 Å². The number of nitrogens with zero attached hydrogens (tertiary/aromatic N) is 3. The van der Waals surface area contributed by atoms with Gasteiger partial charge in [-0.3, -0.25) is 9.91 Å². The standard InChI is InChI=1S/C7H13N3O/c1-2-9-3-4-10-7(5-9)11-6-8-10/h6-7H,2-5H2,1H3. The van der Waals surface area contributed by atoms with Gasteiger partial charge in [0, 0.05) is 6.54 Å². The van der Waals surface area contributed by atoms with Crippen LogP contribution >= 0.6 is 0 Å². The summed E-state index contributed by atoms with van der Waals surface area (Å²) in [5.74, 6) is 0. The van der Waals surface area contributed by atoms with Crippen LogP contribution in [0.4, 0.5) is 0 Å². The predicted octanol–water partition coefficient (Wildman–Crippen LogP) is -0.0765. The molecule has 1 atom stereocenters. The zero-order valence-electron chi connectivity index (χ0n) is 6.73.